The zero-order chi connectivity index (χ0) is 33.4. The predicted octanol–water partition coefficient (Wildman–Crippen LogP) is 7.13. The number of benzene rings is 2. The van der Waals surface area contributed by atoms with Gasteiger partial charge in [-0.05, 0) is 90.6 Å². The van der Waals surface area contributed by atoms with Crippen molar-refractivity contribution in [3.8, 4) is 17.1 Å². The van der Waals surface area contributed by atoms with Crippen LogP contribution in [0.5, 0.6) is 6.01 Å². The Hall–Kier alpha value is -3.39. The van der Waals surface area contributed by atoms with Crippen LogP contribution in [0, 0.1) is 11.6 Å². The summed E-state index contributed by atoms with van der Waals surface area (Å²) in [6.45, 7) is 9.24. The molecule has 0 radical (unpaired) electrons. The third-order valence-corrected chi connectivity index (χ3v) is 11.3. The highest BCUT2D eigenvalue weighted by atomic mass is 35.5. The van der Waals surface area contributed by atoms with Crippen molar-refractivity contribution in [1.29, 1.82) is 0 Å². The van der Waals surface area contributed by atoms with Gasteiger partial charge in [0.25, 0.3) is 0 Å². The Kier molecular flexibility index (Phi) is 7.89. The first-order chi connectivity index (χ1) is 23.0. The summed E-state index contributed by atoms with van der Waals surface area (Å²) in [6.07, 6.45) is 5.79. The monoisotopic (exact) mass is 697 g/mol. The number of anilines is 2. The fraction of sp³-hybridized carbons (Fsp3) is 0.529. The molecule has 10 nitrogen and oxygen atoms in total. The number of nitrogens with zero attached hydrogens (tertiary/aromatic N) is 5. The molecule has 2 unspecified atom stereocenters. The van der Waals surface area contributed by atoms with Gasteiger partial charge in [-0.3, -0.25) is 10.2 Å². The zero-order valence-corrected chi connectivity index (χ0v) is 28.7. The first-order valence-corrected chi connectivity index (χ1v) is 17.8. The molecule has 4 fully saturated rings. The molecule has 0 spiro atoms. The molecule has 6 heterocycles. The van der Waals surface area contributed by atoms with E-state index in [-0.39, 0.29) is 48.6 Å². The lowest BCUT2D eigenvalue weighted by atomic mass is 9.95. The molecular weight excluding hydrogens is 660 g/mol. The van der Waals surface area contributed by atoms with E-state index >= 15 is 8.78 Å². The maximum absolute atomic E-state index is 17.0. The van der Waals surface area contributed by atoms with Crippen LogP contribution in [0.3, 0.4) is 0 Å². The lowest BCUT2D eigenvalue weighted by molar-refractivity contribution is 0.0636. The molecule has 8 rings (SSSR count). The molecule has 4 saturated heterocycles. The highest BCUT2D eigenvalue weighted by molar-refractivity contribution is 7.22. The Morgan fingerprint density at radius 3 is 2.54 bits per heavy atom. The van der Waals surface area contributed by atoms with Crippen LogP contribution in [0.25, 0.3) is 32.2 Å². The number of ether oxygens (including phenoxy) is 2. The lowest BCUT2D eigenvalue weighted by Gasteiger charge is -2.35. The van der Waals surface area contributed by atoms with Crippen molar-refractivity contribution in [3.05, 3.63) is 34.9 Å². The van der Waals surface area contributed by atoms with Crippen LogP contribution in [0.15, 0.2) is 18.2 Å². The Labute approximate surface area is 286 Å². The van der Waals surface area contributed by atoms with E-state index in [2.05, 4.69) is 30.4 Å². The van der Waals surface area contributed by atoms with Crippen LogP contribution in [0.1, 0.15) is 59.3 Å². The molecule has 0 saturated carbocycles. The highest BCUT2D eigenvalue weighted by Crippen LogP contribution is 2.44. The second-order valence-electron chi connectivity index (χ2n) is 14.4. The minimum absolute atomic E-state index is 0.0360. The van der Waals surface area contributed by atoms with E-state index in [1.54, 1.807) is 26.8 Å². The van der Waals surface area contributed by atoms with Gasteiger partial charge >= 0.3 is 12.1 Å². The first kappa shape index (κ1) is 31.9. The predicted molar refractivity (Wildman–Crippen MR) is 183 cm³/mol. The van der Waals surface area contributed by atoms with Crippen LogP contribution < -0.4 is 20.3 Å². The van der Waals surface area contributed by atoms with E-state index in [0.717, 1.165) is 76.0 Å². The van der Waals surface area contributed by atoms with E-state index in [4.69, 9.17) is 26.1 Å². The summed E-state index contributed by atoms with van der Waals surface area (Å²) in [5.41, 5.74) is -0.218. The van der Waals surface area contributed by atoms with Gasteiger partial charge in [0.1, 0.15) is 29.4 Å². The van der Waals surface area contributed by atoms with Gasteiger partial charge in [0, 0.05) is 41.7 Å². The molecule has 48 heavy (non-hydrogen) atoms. The number of piperazine rings is 1. The van der Waals surface area contributed by atoms with Gasteiger partial charge < -0.3 is 19.7 Å². The number of hydrogen-bond acceptors (Lipinski definition) is 10. The maximum atomic E-state index is 17.0. The van der Waals surface area contributed by atoms with Crippen LogP contribution in [-0.2, 0) is 4.74 Å². The van der Waals surface area contributed by atoms with Gasteiger partial charge in [0.15, 0.2) is 10.9 Å². The fourth-order valence-corrected chi connectivity index (χ4v) is 9.14. The number of fused-ring (bicyclic) bond motifs is 5. The number of amides is 1. The van der Waals surface area contributed by atoms with Crippen molar-refractivity contribution in [2.45, 2.75) is 82.5 Å². The molecular formula is C34H38ClF2N7O3S. The number of nitrogens with one attached hydrogen (secondary N) is 2. The van der Waals surface area contributed by atoms with E-state index in [0.29, 0.717) is 29.9 Å². The van der Waals surface area contributed by atoms with Crippen molar-refractivity contribution < 1.29 is 23.0 Å². The number of halogens is 3. The molecule has 4 aliphatic rings. The topological polar surface area (TPSA) is 105 Å². The standard InChI is InChI=1S/C34H38ClF2N7O3S/c1-33(2,3)47-32(45)42-31-40-27-20(8-9-23(36)28(27)48-31)24-22(35)14-21-26(25(24)37)39-30(46-17-34-10-4-12-44(34)13-5-11-34)41-29(21)43-15-18-6-7-19(16-43)38-18/h8-9,14,18-19,38H,4-7,10-13,15-17H2,1-3H3,(H,40,42,45). The maximum Gasteiger partial charge on any atom is 0.413 e. The zero-order valence-electron chi connectivity index (χ0n) is 27.2. The highest BCUT2D eigenvalue weighted by Gasteiger charge is 2.45. The Balaban J connectivity index is 1.22. The normalized spacial score (nSPS) is 22.1. The summed E-state index contributed by atoms with van der Waals surface area (Å²) in [5.74, 6) is -0.635. The summed E-state index contributed by atoms with van der Waals surface area (Å²) >= 11 is 7.84. The first-order valence-electron chi connectivity index (χ1n) is 16.6. The van der Waals surface area contributed by atoms with Crippen molar-refractivity contribution in [2.75, 3.05) is 43.0 Å². The van der Waals surface area contributed by atoms with E-state index < -0.39 is 23.3 Å². The molecule has 254 valence electrons. The molecule has 2 aromatic heterocycles. The van der Waals surface area contributed by atoms with Gasteiger partial charge in [-0.1, -0.05) is 22.9 Å². The number of carbonyl (C=O) groups excluding carboxylic acids is 1. The van der Waals surface area contributed by atoms with Crippen molar-refractivity contribution in [2.24, 2.45) is 0 Å². The lowest BCUT2D eigenvalue weighted by Crippen LogP contribution is -2.51. The smallest absolute Gasteiger partial charge is 0.413 e. The minimum atomic E-state index is -0.736. The summed E-state index contributed by atoms with van der Waals surface area (Å²) in [4.78, 5) is 31.2. The molecule has 2 aromatic carbocycles. The molecule has 4 aromatic rings. The fourth-order valence-electron chi connectivity index (χ4n) is 7.96. The average Bonchev–Trinajstić information content (AvgIpc) is 3.80. The number of carbonyl (C=O) groups is 1. The number of aromatic nitrogens is 3. The molecule has 1 amide bonds. The Bertz CT molecular complexity index is 1910. The second kappa shape index (κ2) is 11.9. The van der Waals surface area contributed by atoms with Crippen molar-refractivity contribution >= 4 is 61.1 Å². The number of thiazole rings is 1. The van der Waals surface area contributed by atoms with Crippen LogP contribution >= 0.6 is 22.9 Å². The molecule has 2 bridgehead atoms. The van der Waals surface area contributed by atoms with E-state index in [1.165, 1.54) is 12.1 Å². The van der Waals surface area contributed by atoms with Crippen LogP contribution in [0.2, 0.25) is 5.02 Å². The largest absolute Gasteiger partial charge is 0.461 e. The SMILES string of the molecule is CC(C)(C)OC(=O)Nc1nc2c(-c3c(Cl)cc4c(N5CC6CCC(C5)N6)nc(OCC56CCCN5CCC6)nc4c3F)ccc(F)c2s1. The third kappa shape index (κ3) is 5.72. The van der Waals surface area contributed by atoms with Gasteiger partial charge in [0.2, 0.25) is 0 Å². The van der Waals surface area contributed by atoms with E-state index in [9.17, 15) is 4.79 Å². The van der Waals surface area contributed by atoms with Gasteiger partial charge in [-0.25, -0.2) is 18.6 Å². The van der Waals surface area contributed by atoms with Crippen LogP contribution in [-0.4, -0.2) is 82.0 Å². The summed E-state index contributed by atoms with van der Waals surface area (Å²) in [7, 11) is 0. The van der Waals surface area contributed by atoms with Crippen molar-refractivity contribution in [3.63, 3.8) is 0 Å². The quantitative estimate of drug-likeness (QED) is 0.218. The Morgan fingerprint density at radius 2 is 1.83 bits per heavy atom. The van der Waals surface area contributed by atoms with Gasteiger partial charge in [-0.15, -0.1) is 0 Å². The van der Waals surface area contributed by atoms with Gasteiger partial charge in [-0.2, -0.15) is 9.97 Å². The second-order valence-corrected chi connectivity index (χ2v) is 15.8. The average molecular weight is 698 g/mol. The minimum Gasteiger partial charge on any atom is -0.461 e. The number of hydrogen-bond donors (Lipinski definition) is 2. The Morgan fingerprint density at radius 1 is 1.10 bits per heavy atom. The van der Waals surface area contributed by atoms with Crippen molar-refractivity contribution in [1.82, 2.24) is 25.2 Å². The summed E-state index contributed by atoms with van der Waals surface area (Å²) < 4.78 is 44.0. The molecule has 0 aliphatic carbocycles. The third-order valence-electron chi connectivity index (χ3n) is 10.0. The summed E-state index contributed by atoms with van der Waals surface area (Å²) in [6, 6.07) is 5.16. The molecule has 2 atom stereocenters. The summed E-state index contributed by atoms with van der Waals surface area (Å²) in [5, 5.41) is 6.93. The molecule has 4 aliphatic heterocycles. The van der Waals surface area contributed by atoms with Gasteiger partial charge in [0.05, 0.1) is 20.8 Å². The van der Waals surface area contributed by atoms with Crippen LogP contribution in [0.4, 0.5) is 24.5 Å². The number of rotatable bonds is 6. The van der Waals surface area contributed by atoms with E-state index in [1.807, 2.05) is 0 Å². The molecule has 14 heteroatoms. The molecule has 2 N–H and O–H groups in total.